The van der Waals surface area contributed by atoms with Gasteiger partial charge in [0.15, 0.2) is 0 Å². The van der Waals surface area contributed by atoms with Crippen LogP contribution in [0.5, 0.6) is 0 Å². The van der Waals surface area contributed by atoms with E-state index in [0.29, 0.717) is 17.1 Å². The molecular weight excluding hydrogens is 419 g/mol. The fourth-order valence-corrected chi connectivity index (χ4v) is 3.84. The number of hydrogen-bond donors (Lipinski definition) is 2. The van der Waals surface area contributed by atoms with Gasteiger partial charge in [0, 0.05) is 29.1 Å². The van der Waals surface area contributed by atoms with Crippen molar-refractivity contribution in [3.05, 3.63) is 71.3 Å². The largest absolute Gasteiger partial charge is 0.322 e. The number of rotatable bonds is 7. The summed E-state index contributed by atoms with van der Waals surface area (Å²) in [5.74, 6) is -1.42. The first kappa shape index (κ1) is 20.8. The van der Waals surface area contributed by atoms with Crippen molar-refractivity contribution in [3.63, 3.8) is 0 Å². The molecule has 152 valence electrons. The predicted octanol–water partition coefficient (Wildman–Crippen LogP) is 4.14. The number of benzene rings is 2. The van der Waals surface area contributed by atoms with Crippen LogP contribution in [0.1, 0.15) is 23.7 Å². The van der Waals surface area contributed by atoms with E-state index in [2.05, 4.69) is 15.1 Å². The summed E-state index contributed by atoms with van der Waals surface area (Å²) < 4.78 is 43.3. The molecular formula is C19H18ClFN4O3S. The summed E-state index contributed by atoms with van der Waals surface area (Å²) in [6.45, 7) is 2.66. The first-order chi connectivity index (χ1) is 13.8. The van der Waals surface area contributed by atoms with Crippen LogP contribution in [0.25, 0.3) is 0 Å². The van der Waals surface area contributed by atoms with Crippen LogP contribution in [-0.4, -0.2) is 24.1 Å². The van der Waals surface area contributed by atoms with Crippen LogP contribution in [0.3, 0.4) is 0 Å². The fraction of sp³-hybridized carbons (Fsp3) is 0.158. The number of hydrogen-bond acceptors (Lipinski definition) is 4. The molecule has 1 heterocycles. The van der Waals surface area contributed by atoms with Crippen molar-refractivity contribution in [3.8, 4) is 0 Å². The second-order valence-corrected chi connectivity index (χ2v) is 8.29. The lowest BCUT2D eigenvalue weighted by Gasteiger charge is -2.11. The second-order valence-electron chi connectivity index (χ2n) is 6.20. The molecule has 2 N–H and O–H groups in total. The summed E-state index contributed by atoms with van der Waals surface area (Å²) in [6.07, 6.45) is 3.86. The van der Waals surface area contributed by atoms with E-state index in [1.165, 1.54) is 36.5 Å². The molecule has 1 amide bonds. The molecule has 10 heteroatoms. The van der Waals surface area contributed by atoms with Crippen LogP contribution < -0.4 is 10.0 Å². The average Bonchev–Trinajstić information content (AvgIpc) is 3.14. The molecule has 3 aromatic rings. The van der Waals surface area contributed by atoms with Gasteiger partial charge in [-0.15, -0.1) is 0 Å². The van der Waals surface area contributed by atoms with Crippen molar-refractivity contribution in [2.45, 2.75) is 24.8 Å². The topological polar surface area (TPSA) is 93.1 Å². The number of anilines is 2. The Balaban J connectivity index is 1.81. The van der Waals surface area contributed by atoms with Crippen molar-refractivity contribution >= 4 is 38.9 Å². The van der Waals surface area contributed by atoms with E-state index < -0.39 is 26.6 Å². The standard InChI is InChI=1S/C19H18ClFN4O3S/c1-2-9-25-12-13(11-22-25)19(26)23-16-7-8-17(21)18(10-16)29(27,28)24-15-5-3-14(20)4-6-15/h3-8,10-12,24H,2,9H2,1H3,(H,23,26). The van der Waals surface area contributed by atoms with E-state index in [1.807, 2.05) is 6.92 Å². The molecule has 1 aromatic heterocycles. The van der Waals surface area contributed by atoms with Gasteiger partial charge in [-0.3, -0.25) is 14.2 Å². The highest BCUT2D eigenvalue weighted by Crippen LogP contribution is 2.23. The SMILES string of the molecule is CCCn1cc(C(=O)Nc2ccc(F)c(S(=O)(=O)Nc3ccc(Cl)cc3)c2)cn1. The van der Waals surface area contributed by atoms with Crippen LogP contribution in [0.2, 0.25) is 5.02 Å². The Bertz CT molecular complexity index is 1130. The van der Waals surface area contributed by atoms with Crippen LogP contribution in [0, 0.1) is 5.82 Å². The Hall–Kier alpha value is -2.91. The summed E-state index contributed by atoms with van der Waals surface area (Å²) in [5.41, 5.74) is 0.675. The Labute approximate surface area is 172 Å². The van der Waals surface area contributed by atoms with Crippen LogP contribution >= 0.6 is 11.6 Å². The minimum atomic E-state index is -4.22. The Kier molecular flexibility index (Phi) is 6.19. The molecule has 0 saturated carbocycles. The molecule has 0 unspecified atom stereocenters. The quantitative estimate of drug-likeness (QED) is 0.582. The zero-order valence-corrected chi connectivity index (χ0v) is 17.0. The lowest BCUT2D eigenvalue weighted by atomic mass is 10.3. The number of nitrogens with one attached hydrogen (secondary N) is 2. The third-order valence-corrected chi connectivity index (χ3v) is 5.57. The number of nitrogens with zero attached hydrogens (tertiary/aromatic N) is 2. The van der Waals surface area contributed by atoms with Gasteiger partial charge in [0.2, 0.25) is 0 Å². The first-order valence-corrected chi connectivity index (χ1v) is 10.6. The van der Waals surface area contributed by atoms with Crippen molar-refractivity contribution in [2.24, 2.45) is 0 Å². The normalized spacial score (nSPS) is 11.3. The molecule has 0 radical (unpaired) electrons. The van der Waals surface area contributed by atoms with Gasteiger partial charge in [-0.2, -0.15) is 5.10 Å². The average molecular weight is 437 g/mol. The Morgan fingerprint density at radius 3 is 2.55 bits per heavy atom. The van der Waals surface area contributed by atoms with Crippen LogP contribution in [-0.2, 0) is 16.6 Å². The summed E-state index contributed by atoms with van der Waals surface area (Å²) in [4.78, 5) is 11.8. The Morgan fingerprint density at radius 2 is 1.86 bits per heavy atom. The van der Waals surface area contributed by atoms with Gasteiger partial charge in [0.1, 0.15) is 10.7 Å². The molecule has 0 aliphatic heterocycles. The van der Waals surface area contributed by atoms with Crippen molar-refractivity contribution in [1.82, 2.24) is 9.78 Å². The van der Waals surface area contributed by atoms with E-state index in [-0.39, 0.29) is 11.4 Å². The van der Waals surface area contributed by atoms with Gasteiger partial charge in [0.25, 0.3) is 15.9 Å². The van der Waals surface area contributed by atoms with Crippen LogP contribution in [0.15, 0.2) is 59.8 Å². The number of sulfonamides is 1. The monoisotopic (exact) mass is 436 g/mol. The lowest BCUT2D eigenvalue weighted by molar-refractivity contribution is 0.102. The van der Waals surface area contributed by atoms with Crippen molar-refractivity contribution in [2.75, 3.05) is 10.0 Å². The molecule has 29 heavy (non-hydrogen) atoms. The minimum absolute atomic E-state index is 0.135. The molecule has 2 aromatic carbocycles. The number of aromatic nitrogens is 2. The number of amides is 1. The molecule has 0 atom stereocenters. The lowest BCUT2D eigenvalue weighted by Crippen LogP contribution is -2.16. The molecule has 0 aliphatic rings. The highest BCUT2D eigenvalue weighted by molar-refractivity contribution is 7.92. The third-order valence-electron chi connectivity index (χ3n) is 3.92. The smallest absolute Gasteiger partial charge is 0.264 e. The van der Waals surface area contributed by atoms with E-state index in [4.69, 9.17) is 11.6 Å². The minimum Gasteiger partial charge on any atom is -0.322 e. The molecule has 0 saturated heterocycles. The highest BCUT2D eigenvalue weighted by Gasteiger charge is 2.21. The summed E-state index contributed by atoms with van der Waals surface area (Å²) in [6, 6.07) is 9.24. The van der Waals surface area contributed by atoms with Gasteiger partial charge in [-0.25, -0.2) is 12.8 Å². The van der Waals surface area contributed by atoms with Gasteiger partial charge < -0.3 is 5.32 Å². The van der Waals surface area contributed by atoms with E-state index >= 15 is 0 Å². The first-order valence-electron chi connectivity index (χ1n) is 8.70. The fourth-order valence-electron chi connectivity index (χ4n) is 2.55. The van der Waals surface area contributed by atoms with E-state index in [9.17, 15) is 17.6 Å². The Morgan fingerprint density at radius 1 is 1.17 bits per heavy atom. The van der Waals surface area contributed by atoms with E-state index in [0.717, 1.165) is 18.6 Å². The number of aryl methyl sites for hydroxylation is 1. The zero-order chi connectivity index (χ0) is 21.0. The molecule has 3 rings (SSSR count). The van der Waals surface area contributed by atoms with Gasteiger partial charge in [-0.05, 0) is 48.9 Å². The third kappa shape index (κ3) is 5.12. The van der Waals surface area contributed by atoms with Crippen LogP contribution in [0.4, 0.5) is 15.8 Å². The van der Waals surface area contributed by atoms with E-state index in [1.54, 1.807) is 10.9 Å². The number of halogens is 2. The molecule has 0 spiro atoms. The molecule has 7 nitrogen and oxygen atoms in total. The molecule has 0 bridgehead atoms. The number of carbonyl (C=O) groups is 1. The summed E-state index contributed by atoms with van der Waals surface area (Å²) in [5, 5.41) is 7.07. The van der Waals surface area contributed by atoms with Gasteiger partial charge >= 0.3 is 0 Å². The molecule has 0 aliphatic carbocycles. The second kappa shape index (κ2) is 8.62. The van der Waals surface area contributed by atoms with Crippen molar-refractivity contribution in [1.29, 1.82) is 0 Å². The predicted molar refractivity (Wildman–Crippen MR) is 109 cm³/mol. The maximum absolute atomic E-state index is 14.2. The summed E-state index contributed by atoms with van der Waals surface area (Å²) >= 11 is 5.78. The highest BCUT2D eigenvalue weighted by atomic mass is 35.5. The maximum Gasteiger partial charge on any atom is 0.264 e. The molecule has 0 fully saturated rings. The number of carbonyl (C=O) groups excluding carboxylic acids is 1. The zero-order valence-electron chi connectivity index (χ0n) is 15.4. The van der Waals surface area contributed by atoms with Crippen molar-refractivity contribution < 1.29 is 17.6 Å². The maximum atomic E-state index is 14.2. The van der Waals surface area contributed by atoms with Gasteiger partial charge in [-0.1, -0.05) is 18.5 Å². The summed E-state index contributed by atoms with van der Waals surface area (Å²) in [7, 11) is -4.22. The van der Waals surface area contributed by atoms with Gasteiger partial charge in [0.05, 0.1) is 11.8 Å².